The predicted octanol–water partition coefficient (Wildman–Crippen LogP) is 2.10. The van der Waals surface area contributed by atoms with Crippen molar-refractivity contribution in [1.82, 2.24) is 0 Å². The van der Waals surface area contributed by atoms with Crippen LogP contribution in [0, 0.1) is 0 Å². The van der Waals surface area contributed by atoms with Crippen molar-refractivity contribution < 1.29 is 14.7 Å². The maximum atomic E-state index is 11.3. The molecule has 4 N–H and O–H groups in total. The average Bonchev–Trinajstić information content (AvgIpc) is 2.26. The molecule has 1 unspecified atom stereocenters. The van der Waals surface area contributed by atoms with Gasteiger partial charge in [-0.15, -0.1) is 0 Å². The third-order valence-electron chi connectivity index (χ3n) is 2.45. The molecule has 0 aliphatic carbocycles. The molecule has 5 nitrogen and oxygen atoms in total. The summed E-state index contributed by atoms with van der Waals surface area (Å²) in [6.07, 6.45) is 0.501. The fourth-order valence-corrected chi connectivity index (χ4v) is 1.84. The van der Waals surface area contributed by atoms with Crippen molar-refractivity contribution in [2.24, 2.45) is 5.73 Å². The van der Waals surface area contributed by atoms with Gasteiger partial charge in [-0.25, -0.2) is 0 Å². The molecular weight excluding hydrogens is 256 g/mol. The maximum absolute atomic E-state index is 11.3. The zero-order valence-electron chi connectivity index (χ0n) is 9.94. The Morgan fingerprint density at radius 2 is 2.17 bits per heavy atom. The fourth-order valence-electron chi connectivity index (χ4n) is 1.57. The van der Waals surface area contributed by atoms with Gasteiger partial charge in [0.25, 0.3) is 5.91 Å². The molecular formula is C12H15ClN2O3. The minimum Gasteiger partial charge on any atom is -0.481 e. The monoisotopic (exact) mass is 270 g/mol. The third-order valence-corrected chi connectivity index (χ3v) is 2.77. The summed E-state index contributed by atoms with van der Waals surface area (Å²) in [5, 5.41) is 11.9. The molecule has 1 aromatic rings. The SMILES string of the molecule is CC(CCC(=O)O)Nc1cccc(Cl)c1C(N)=O. The summed E-state index contributed by atoms with van der Waals surface area (Å²) in [7, 11) is 0. The Morgan fingerprint density at radius 1 is 1.50 bits per heavy atom. The van der Waals surface area contributed by atoms with E-state index < -0.39 is 11.9 Å². The van der Waals surface area contributed by atoms with Gasteiger partial charge in [0.2, 0.25) is 0 Å². The molecule has 1 amide bonds. The molecule has 18 heavy (non-hydrogen) atoms. The first-order chi connectivity index (χ1) is 8.41. The number of primary amides is 1. The van der Waals surface area contributed by atoms with Gasteiger partial charge in [0, 0.05) is 18.2 Å². The van der Waals surface area contributed by atoms with Gasteiger partial charge in [-0.2, -0.15) is 0 Å². The molecule has 0 aliphatic heterocycles. The largest absolute Gasteiger partial charge is 0.481 e. The van der Waals surface area contributed by atoms with E-state index in [1.54, 1.807) is 18.2 Å². The van der Waals surface area contributed by atoms with E-state index in [2.05, 4.69) is 5.32 Å². The smallest absolute Gasteiger partial charge is 0.303 e. The van der Waals surface area contributed by atoms with Crippen molar-refractivity contribution in [3.05, 3.63) is 28.8 Å². The van der Waals surface area contributed by atoms with Crippen LogP contribution in [0.2, 0.25) is 5.02 Å². The van der Waals surface area contributed by atoms with E-state index in [1.807, 2.05) is 6.92 Å². The van der Waals surface area contributed by atoms with Crippen LogP contribution in [0.3, 0.4) is 0 Å². The number of benzene rings is 1. The summed E-state index contributed by atoms with van der Waals surface area (Å²) in [6, 6.07) is 4.86. The zero-order chi connectivity index (χ0) is 13.7. The van der Waals surface area contributed by atoms with Crippen LogP contribution in [0.1, 0.15) is 30.1 Å². The second-order valence-corrected chi connectivity index (χ2v) is 4.41. The Balaban J connectivity index is 2.81. The lowest BCUT2D eigenvalue weighted by Crippen LogP contribution is -2.21. The van der Waals surface area contributed by atoms with Crippen molar-refractivity contribution >= 4 is 29.2 Å². The van der Waals surface area contributed by atoms with E-state index in [1.165, 1.54) is 0 Å². The van der Waals surface area contributed by atoms with Crippen molar-refractivity contribution in [1.29, 1.82) is 0 Å². The highest BCUT2D eigenvalue weighted by Gasteiger charge is 2.14. The van der Waals surface area contributed by atoms with Crippen LogP contribution >= 0.6 is 11.6 Å². The lowest BCUT2D eigenvalue weighted by molar-refractivity contribution is -0.137. The van der Waals surface area contributed by atoms with E-state index in [0.29, 0.717) is 12.1 Å². The van der Waals surface area contributed by atoms with Crippen molar-refractivity contribution in [2.75, 3.05) is 5.32 Å². The van der Waals surface area contributed by atoms with Gasteiger partial charge in [0.1, 0.15) is 0 Å². The van der Waals surface area contributed by atoms with Gasteiger partial charge < -0.3 is 16.2 Å². The van der Waals surface area contributed by atoms with E-state index in [0.717, 1.165) is 0 Å². The van der Waals surface area contributed by atoms with Crippen LogP contribution in [0.25, 0.3) is 0 Å². The lowest BCUT2D eigenvalue weighted by atomic mass is 10.1. The molecule has 0 aromatic heterocycles. The van der Waals surface area contributed by atoms with Crippen LogP contribution < -0.4 is 11.1 Å². The van der Waals surface area contributed by atoms with Crippen molar-refractivity contribution in [3.63, 3.8) is 0 Å². The fraction of sp³-hybridized carbons (Fsp3) is 0.333. The van der Waals surface area contributed by atoms with Crippen LogP contribution in [0.4, 0.5) is 5.69 Å². The minimum atomic E-state index is -0.857. The number of hydrogen-bond acceptors (Lipinski definition) is 3. The number of carbonyl (C=O) groups excluding carboxylic acids is 1. The number of amides is 1. The molecule has 0 spiro atoms. The number of carboxylic acid groups (broad SMARTS) is 1. The highest BCUT2D eigenvalue weighted by atomic mass is 35.5. The Morgan fingerprint density at radius 3 is 2.72 bits per heavy atom. The van der Waals surface area contributed by atoms with Crippen molar-refractivity contribution in [2.45, 2.75) is 25.8 Å². The number of hydrogen-bond donors (Lipinski definition) is 3. The summed E-state index contributed by atoms with van der Waals surface area (Å²) in [4.78, 5) is 21.8. The highest BCUT2D eigenvalue weighted by Crippen LogP contribution is 2.24. The molecule has 6 heteroatoms. The molecule has 0 aliphatic rings. The van der Waals surface area contributed by atoms with Gasteiger partial charge in [0.15, 0.2) is 0 Å². The molecule has 1 atom stereocenters. The Bertz CT molecular complexity index is 463. The van der Waals surface area contributed by atoms with E-state index in [4.69, 9.17) is 22.4 Å². The summed E-state index contributed by atoms with van der Waals surface area (Å²) in [5.74, 6) is -1.47. The number of anilines is 1. The lowest BCUT2D eigenvalue weighted by Gasteiger charge is -2.17. The van der Waals surface area contributed by atoms with E-state index >= 15 is 0 Å². The first-order valence-electron chi connectivity index (χ1n) is 5.48. The Hall–Kier alpha value is -1.75. The first kappa shape index (κ1) is 14.3. The maximum Gasteiger partial charge on any atom is 0.303 e. The number of nitrogens with one attached hydrogen (secondary N) is 1. The summed E-state index contributed by atoms with van der Waals surface area (Å²) < 4.78 is 0. The predicted molar refractivity (Wildman–Crippen MR) is 69.9 cm³/mol. The number of halogens is 1. The molecule has 98 valence electrons. The number of aliphatic carboxylic acids is 1. The number of carbonyl (C=O) groups is 2. The normalized spacial score (nSPS) is 11.9. The van der Waals surface area contributed by atoms with E-state index in [-0.39, 0.29) is 23.0 Å². The van der Waals surface area contributed by atoms with Gasteiger partial charge in [-0.1, -0.05) is 17.7 Å². The molecule has 0 saturated carbocycles. The quantitative estimate of drug-likeness (QED) is 0.738. The Kier molecular flexibility index (Phi) is 4.97. The van der Waals surface area contributed by atoms with Crippen LogP contribution in [-0.4, -0.2) is 23.0 Å². The molecule has 1 aromatic carbocycles. The number of carboxylic acids is 1. The number of rotatable bonds is 6. The standard InChI is InChI=1S/C12H15ClN2O3/c1-7(5-6-10(16)17)15-9-4-2-3-8(13)11(9)12(14)18/h2-4,7,15H,5-6H2,1H3,(H2,14,18)(H,16,17). The topological polar surface area (TPSA) is 92.4 Å². The molecule has 0 saturated heterocycles. The van der Waals surface area contributed by atoms with Crippen LogP contribution in [0.15, 0.2) is 18.2 Å². The van der Waals surface area contributed by atoms with Crippen LogP contribution in [-0.2, 0) is 4.79 Å². The Labute approximate surface area is 110 Å². The zero-order valence-corrected chi connectivity index (χ0v) is 10.7. The molecule has 0 fully saturated rings. The van der Waals surface area contributed by atoms with Crippen molar-refractivity contribution in [3.8, 4) is 0 Å². The van der Waals surface area contributed by atoms with Gasteiger partial charge >= 0.3 is 5.97 Å². The van der Waals surface area contributed by atoms with Gasteiger partial charge in [-0.3, -0.25) is 9.59 Å². The third kappa shape index (κ3) is 3.92. The van der Waals surface area contributed by atoms with E-state index in [9.17, 15) is 9.59 Å². The molecule has 0 bridgehead atoms. The molecule has 0 radical (unpaired) electrons. The van der Waals surface area contributed by atoms with Gasteiger partial charge in [-0.05, 0) is 25.5 Å². The first-order valence-corrected chi connectivity index (χ1v) is 5.86. The molecule has 1 rings (SSSR count). The van der Waals surface area contributed by atoms with Gasteiger partial charge in [0.05, 0.1) is 10.6 Å². The van der Waals surface area contributed by atoms with Crippen LogP contribution in [0.5, 0.6) is 0 Å². The summed E-state index contributed by atoms with van der Waals surface area (Å²) in [5.41, 5.74) is 6.00. The second-order valence-electron chi connectivity index (χ2n) is 4.00. The number of nitrogens with two attached hydrogens (primary N) is 1. The second kappa shape index (κ2) is 6.26. The molecule has 0 heterocycles. The highest BCUT2D eigenvalue weighted by molar-refractivity contribution is 6.34. The summed E-state index contributed by atoms with van der Waals surface area (Å²) in [6.45, 7) is 1.83. The minimum absolute atomic E-state index is 0.0562. The summed E-state index contributed by atoms with van der Waals surface area (Å²) >= 11 is 5.90. The average molecular weight is 271 g/mol.